The van der Waals surface area contributed by atoms with Gasteiger partial charge >= 0.3 is 6.36 Å². The van der Waals surface area contributed by atoms with E-state index in [1.807, 2.05) is 22.6 Å². The summed E-state index contributed by atoms with van der Waals surface area (Å²) in [4.78, 5) is 3.83. The van der Waals surface area contributed by atoms with Crippen molar-refractivity contribution in [3.63, 3.8) is 0 Å². The van der Waals surface area contributed by atoms with E-state index in [4.69, 9.17) is 4.74 Å². The van der Waals surface area contributed by atoms with Crippen LogP contribution in [0.25, 0.3) is 0 Å². The highest BCUT2D eigenvalue weighted by Crippen LogP contribution is 2.36. The molecule has 0 atom stereocenters. The smallest absolute Gasteiger partial charge is 0.492 e. The first-order valence-electron chi connectivity index (χ1n) is 3.92. The summed E-state index contributed by atoms with van der Waals surface area (Å²) in [6, 6.07) is 0. The SMILES string of the molecule is COc1c(OC(F)(F)F)cnc(CBr)c1I. The Kier molecular flexibility index (Phi) is 4.65. The molecule has 1 heterocycles. The number of pyridine rings is 1. The van der Waals surface area contributed by atoms with Gasteiger partial charge in [0.1, 0.15) is 0 Å². The Morgan fingerprint density at radius 3 is 2.56 bits per heavy atom. The van der Waals surface area contributed by atoms with E-state index in [-0.39, 0.29) is 5.75 Å². The second-order valence-electron chi connectivity index (χ2n) is 2.60. The number of halogens is 5. The fourth-order valence-electron chi connectivity index (χ4n) is 0.972. The Morgan fingerprint density at radius 2 is 2.12 bits per heavy atom. The Balaban J connectivity index is 3.16. The molecule has 0 aliphatic rings. The highest BCUT2D eigenvalue weighted by molar-refractivity contribution is 14.1. The third-order valence-electron chi connectivity index (χ3n) is 1.57. The van der Waals surface area contributed by atoms with Gasteiger partial charge in [0, 0.05) is 5.33 Å². The average Bonchev–Trinajstić information content (AvgIpc) is 2.16. The number of ether oxygens (including phenoxy) is 2. The van der Waals surface area contributed by atoms with E-state index in [9.17, 15) is 13.2 Å². The molecule has 0 amide bonds. The first kappa shape index (κ1) is 13.8. The molecule has 0 unspecified atom stereocenters. The lowest BCUT2D eigenvalue weighted by atomic mass is 10.3. The maximum atomic E-state index is 12.1. The van der Waals surface area contributed by atoms with Gasteiger partial charge in [-0.05, 0) is 22.6 Å². The topological polar surface area (TPSA) is 31.4 Å². The number of hydrogen-bond acceptors (Lipinski definition) is 3. The number of methoxy groups -OCH3 is 1. The molecule has 3 nitrogen and oxygen atoms in total. The van der Waals surface area contributed by atoms with Crippen LogP contribution in [0.2, 0.25) is 0 Å². The fourth-order valence-corrected chi connectivity index (χ4v) is 2.74. The lowest BCUT2D eigenvalue weighted by Crippen LogP contribution is -2.18. The normalized spacial score (nSPS) is 11.4. The molecule has 1 rings (SSSR count). The number of aromatic nitrogens is 1. The van der Waals surface area contributed by atoms with Gasteiger partial charge in [-0.3, -0.25) is 4.98 Å². The van der Waals surface area contributed by atoms with Gasteiger partial charge in [-0.15, -0.1) is 13.2 Å². The predicted octanol–water partition coefficient (Wildman–Crippen LogP) is 3.49. The lowest BCUT2D eigenvalue weighted by Gasteiger charge is -2.14. The molecule has 1 aromatic rings. The Labute approximate surface area is 112 Å². The summed E-state index contributed by atoms with van der Waals surface area (Å²) in [5.74, 6) is -0.411. The molecule has 0 aliphatic carbocycles. The van der Waals surface area contributed by atoms with Crippen molar-refractivity contribution in [2.75, 3.05) is 7.11 Å². The van der Waals surface area contributed by atoms with Crippen molar-refractivity contribution in [1.29, 1.82) is 0 Å². The van der Waals surface area contributed by atoms with Crippen LogP contribution in [0.5, 0.6) is 11.5 Å². The largest absolute Gasteiger partial charge is 0.573 e. The van der Waals surface area contributed by atoms with Crippen molar-refractivity contribution >= 4 is 38.5 Å². The third kappa shape index (κ3) is 3.37. The van der Waals surface area contributed by atoms with Crippen molar-refractivity contribution in [3.8, 4) is 11.5 Å². The summed E-state index contributed by atoms with van der Waals surface area (Å²) < 4.78 is 45.3. The summed E-state index contributed by atoms with van der Waals surface area (Å²) in [5, 5.41) is 0.425. The highest BCUT2D eigenvalue weighted by atomic mass is 127. The van der Waals surface area contributed by atoms with E-state index < -0.39 is 12.1 Å². The van der Waals surface area contributed by atoms with Crippen LogP contribution in [0, 0.1) is 3.57 Å². The maximum Gasteiger partial charge on any atom is 0.573 e. The molecule has 0 saturated carbocycles. The van der Waals surface area contributed by atoms with E-state index in [0.717, 1.165) is 6.20 Å². The van der Waals surface area contributed by atoms with E-state index >= 15 is 0 Å². The standard InChI is InChI=1S/C8H6BrF3INO2/c1-15-7-5(16-8(10,11)12)3-14-4(2-9)6(7)13/h3H,2H2,1H3. The molecule has 0 aliphatic heterocycles. The van der Waals surface area contributed by atoms with E-state index in [1.165, 1.54) is 7.11 Å². The van der Waals surface area contributed by atoms with Crippen molar-refractivity contribution in [3.05, 3.63) is 15.5 Å². The molecular formula is C8H6BrF3INO2. The first-order valence-corrected chi connectivity index (χ1v) is 6.12. The Morgan fingerprint density at radius 1 is 1.50 bits per heavy atom. The molecule has 0 saturated heterocycles. The van der Waals surface area contributed by atoms with Gasteiger partial charge in [0.15, 0.2) is 11.5 Å². The quantitative estimate of drug-likeness (QED) is 0.563. The zero-order chi connectivity index (χ0) is 12.3. The molecule has 0 aromatic carbocycles. The molecule has 0 radical (unpaired) electrons. The van der Waals surface area contributed by atoms with Gasteiger partial charge < -0.3 is 9.47 Å². The minimum Gasteiger partial charge on any atom is -0.492 e. The van der Waals surface area contributed by atoms with Crippen LogP contribution in [0.4, 0.5) is 13.2 Å². The monoisotopic (exact) mass is 411 g/mol. The average molecular weight is 412 g/mol. The highest BCUT2D eigenvalue weighted by Gasteiger charge is 2.33. The predicted molar refractivity (Wildman–Crippen MR) is 62.8 cm³/mol. The number of nitrogens with zero attached hydrogens (tertiary/aromatic N) is 1. The van der Waals surface area contributed by atoms with Crippen LogP contribution >= 0.6 is 38.5 Å². The van der Waals surface area contributed by atoms with Gasteiger partial charge in [0.2, 0.25) is 0 Å². The van der Waals surface area contributed by atoms with E-state index in [1.54, 1.807) is 0 Å². The van der Waals surface area contributed by atoms with Crippen LogP contribution in [0.1, 0.15) is 5.69 Å². The molecule has 90 valence electrons. The molecule has 0 N–H and O–H groups in total. The summed E-state index contributed by atoms with van der Waals surface area (Å²) in [6.45, 7) is 0. The van der Waals surface area contributed by atoms with Crippen LogP contribution in [-0.2, 0) is 5.33 Å². The summed E-state index contributed by atoms with van der Waals surface area (Å²) >= 11 is 5.03. The lowest BCUT2D eigenvalue weighted by molar-refractivity contribution is -0.275. The van der Waals surface area contributed by atoms with Crippen molar-refractivity contribution in [1.82, 2.24) is 4.98 Å². The van der Waals surface area contributed by atoms with Crippen LogP contribution in [0.3, 0.4) is 0 Å². The number of alkyl halides is 4. The van der Waals surface area contributed by atoms with Crippen molar-refractivity contribution in [2.24, 2.45) is 0 Å². The van der Waals surface area contributed by atoms with Crippen molar-refractivity contribution < 1.29 is 22.6 Å². The summed E-state index contributed by atoms with van der Waals surface area (Å²) in [5.41, 5.74) is 0.590. The van der Waals surface area contributed by atoms with Gasteiger partial charge in [-0.25, -0.2) is 0 Å². The Bertz CT molecular complexity index is 386. The minimum atomic E-state index is -4.76. The van der Waals surface area contributed by atoms with Gasteiger partial charge in [-0.1, -0.05) is 15.9 Å². The van der Waals surface area contributed by atoms with Crippen LogP contribution < -0.4 is 9.47 Å². The summed E-state index contributed by atoms with van der Waals surface area (Å²) in [6.07, 6.45) is -3.76. The maximum absolute atomic E-state index is 12.1. The second kappa shape index (κ2) is 5.39. The molecule has 0 bridgehead atoms. The van der Waals surface area contributed by atoms with Gasteiger partial charge in [-0.2, -0.15) is 0 Å². The Hall–Kier alpha value is -0.250. The molecule has 16 heavy (non-hydrogen) atoms. The van der Waals surface area contributed by atoms with Gasteiger partial charge in [0.05, 0.1) is 22.6 Å². The fraction of sp³-hybridized carbons (Fsp3) is 0.375. The third-order valence-corrected chi connectivity index (χ3v) is 3.21. The molecule has 0 spiro atoms. The molecule has 8 heteroatoms. The first-order chi connectivity index (χ1) is 7.39. The van der Waals surface area contributed by atoms with Crippen molar-refractivity contribution in [2.45, 2.75) is 11.7 Å². The van der Waals surface area contributed by atoms with Crippen LogP contribution in [0.15, 0.2) is 6.20 Å². The molecule has 1 aromatic heterocycles. The molecular weight excluding hydrogens is 406 g/mol. The van der Waals surface area contributed by atoms with Crippen LogP contribution in [-0.4, -0.2) is 18.5 Å². The zero-order valence-corrected chi connectivity index (χ0v) is 11.7. The zero-order valence-electron chi connectivity index (χ0n) is 7.94. The van der Waals surface area contributed by atoms with E-state index in [0.29, 0.717) is 14.6 Å². The second-order valence-corrected chi connectivity index (χ2v) is 4.24. The number of hydrogen-bond donors (Lipinski definition) is 0. The minimum absolute atomic E-state index is 0.0300. The summed E-state index contributed by atoms with van der Waals surface area (Å²) in [7, 11) is 1.28. The number of rotatable bonds is 3. The van der Waals surface area contributed by atoms with E-state index in [2.05, 4.69) is 25.7 Å². The van der Waals surface area contributed by atoms with Gasteiger partial charge in [0.25, 0.3) is 0 Å². The molecule has 0 fully saturated rings.